The molecule has 0 aliphatic rings. The molecule has 4 nitrogen and oxygen atoms in total. The van der Waals surface area contributed by atoms with Crippen LogP contribution < -0.4 is 9.47 Å². The van der Waals surface area contributed by atoms with E-state index in [0.717, 1.165) is 28.8 Å². The molecule has 4 rings (SSSR count). The van der Waals surface area contributed by atoms with E-state index in [2.05, 4.69) is 48.7 Å². The van der Waals surface area contributed by atoms with Gasteiger partial charge in [0, 0.05) is 40.0 Å². The third-order valence-corrected chi connectivity index (χ3v) is 5.38. The lowest BCUT2D eigenvalue weighted by Crippen LogP contribution is -2.02. The van der Waals surface area contributed by atoms with Gasteiger partial charge in [0.25, 0.3) is 0 Å². The van der Waals surface area contributed by atoms with Gasteiger partial charge in [-0.1, -0.05) is 48.7 Å². The summed E-state index contributed by atoms with van der Waals surface area (Å²) in [6.45, 7) is 6.72. The molecule has 4 aromatic carbocycles. The van der Waals surface area contributed by atoms with Crippen LogP contribution in [0.5, 0.6) is 11.5 Å². The van der Waals surface area contributed by atoms with E-state index in [-0.39, 0.29) is 5.56 Å². The highest BCUT2D eigenvalue weighted by Gasteiger charge is 2.02. The Morgan fingerprint density at radius 2 is 0.878 bits per heavy atom. The van der Waals surface area contributed by atoms with Gasteiger partial charge in [-0.3, -0.25) is 0 Å². The van der Waals surface area contributed by atoms with Gasteiger partial charge in [-0.25, -0.2) is 14.0 Å². The molecule has 0 aliphatic heterocycles. The number of ether oxygens (including phenoxy) is 2. The van der Waals surface area contributed by atoms with E-state index >= 15 is 0 Å². The molecule has 0 bridgehead atoms. The van der Waals surface area contributed by atoms with Crippen molar-refractivity contribution in [2.45, 2.75) is 0 Å². The number of carbonyl (C=O) groups is 2. The number of benzene rings is 4. The Balaban J connectivity index is 1.37. The first-order valence-electron chi connectivity index (χ1n) is 12.3. The van der Waals surface area contributed by atoms with E-state index in [0.29, 0.717) is 22.6 Å². The van der Waals surface area contributed by atoms with Crippen LogP contribution in [0.1, 0.15) is 33.4 Å². The van der Waals surface area contributed by atoms with Gasteiger partial charge in [0.2, 0.25) is 0 Å². The molecular weight excluding hydrogens is 515 g/mol. The largest absolute Gasteiger partial charge is 0.423 e. The lowest BCUT2D eigenvalue weighted by atomic mass is 10.1. The van der Waals surface area contributed by atoms with Crippen LogP contribution in [0.15, 0.2) is 116 Å². The van der Waals surface area contributed by atoms with Gasteiger partial charge in [-0.05, 0) is 91.0 Å². The number of esters is 2. The number of hydrogen-bond acceptors (Lipinski definition) is 4. The van der Waals surface area contributed by atoms with Crippen molar-refractivity contribution in [1.29, 1.82) is 0 Å². The lowest BCUT2D eigenvalue weighted by Gasteiger charge is -2.00. The minimum absolute atomic E-state index is 0.259. The van der Waals surface area contributed by atoms with Crippen LogP contribution in [0.2, 0.25) is 0 Å². The second kappa shape index (κ2) is 13.6. The molecule has 0 N–H and O–H groups in total. The van der Waals surface area contributed by atoms with Crippen LogP contribution in [-0.4, -0.2) is 11.9 Å². The maximum absolute atomic E-state index is 14.6. The van der Waals surface area contributed by atoms with Crippen molar-refractivity contribution in [3.63, 3.8) is 0 Å². The molecule has 0 amide bonds. The van der Waals surface area contributed by atoms with Crippen LogP contribution in [0.25, 0.3) is 0 Å². The molecule has 0 fully saturated rings. The highest BCUT2D eigenvalue weighted by Crippen LogP contribution is 2.14. The summed E-state index contributed by atoms with van der Waals surface area (Å²) in [6.07, 6.45) is 2.18. The maximum atomic E-state index is 14.6. The van der Waals surface area contributed by atoms with Crippen LogP contribution >= 0.6 is 0 Å². The second-order valence-corrected chi connectivity index (χ2v) is 8.32. The fourth-order valence-corrected chi connectivity index (χ4v) is 3.29. The third-order valence-electron chi connectivity index (χ3n) is 5.38. The molecule has 0 radical (unpaired) electrons. The van der Waals surface area contributed by atoms with Gasteiger partial charge in [0.1, 0.15) is 17.3 Å². The molecular formula is C36H21FO4. The quantitative estimate of drug-likeness (QED) is 0.135. The number of carbonyl (C=O) groups excluding carboxylic acids is 2. The molecule has 0 aromatic heterocycles. The van der Waals surface area contributed by atoms with E-state index in [1.165, 1.54) is 6.07 Å². The summed E-state index contributed by atoms with van der Waals surface area (Å²) >= 11 is 0. The van der Waals surface area contributed by atoms with Crippen molar-refractivity contribution < 1.29 is 23.5 Å². The van der Waals surface area contributed by atoms with Crippen molar-refractivity contribution in [3.8, 4) is 47.0 Å². The predicted octanol–water partition coefficient (Wildman–Crippen LogP) is 6.21. The fraction of sp³-hybridized carbons (Fsp3) is 0. The zero-order chi connectivity index (χ0) is 29.0. The highest BCUT2D eigenvalue weighted by molar-refractivity contribution is 5.83. The van der Waals surface area contributed by atoms with Gasteiger partial charge in [-0.2, -0.15) is 0 Å². The zero-order valence-corrected chi connectivity index (χ0v) is 21.7. The molecule has 0 aliphatic carbocycles. The molecule has 0 saturated carbocycles. The fourth-order valence-electron chi connectivity index (χ4n) is 3.29. The monoisotopic (exact) mass is 536 g/mol. The summed E-state index contributed by atoms with van der Waals surface area (Å²) in [5, 5.41) is 0. The standard InChI is InChI=1S/C36H21FO4/c1-3-35(38)40-32-21-15-28(16-22-32)10-7-26-5-8-27(9-6-26)13-19-31-20-14-30(25-34(31)37)12-11-29-17-23-33(24-18-29)41-36(39)4-2/h3-6,8-9,14-18,20-25H,1-2H2. The minimum Gasteiger partial charge on any atom is -0.423 e. The number of hydrogen-bond donors (Lipinski definition) is 0. The minimum atomic E-state index is -0.542. The molecule has 0 saturated heterocycles. The van der Waals surface area contributed by atoms with E-state index in [4.69, 9.17) is 9.47 Å². The maximum Gasteiger partial charge on any atom is 0.335 e. The Bertz CT molecular complexity index is 1800. The van der Waals surface area contributed by atoms with Crippen LogP contribution in [0, 0.1) is 41.3 Å². The molecule has 0 unspecified atom stereocenters. The molecule has 41 heavy (non-hydrogen) atoms. The van der Waals surface area contributed by atoms with Crippen molar-refractivity contribution in [2.75, 3.05) is 0 Å². The van der Waals surface area contributed by atoms with Crippen molar-refractivity contribution in [3.05, 3.63) is 156 Å². The molecule has 0 heterocycles. The molecule has 0 atom stereocenters. The Morgan fingerprint density at radius 3 is 1.27 bits per heavy atom. The van der Waals surface area contributed by atoms with Crippen molar-refractivity contribution in [1.82, 2.24) is 0 Å². The second-order valence-electron chi connectivity index (χ2n) is 8.32. The van der Waals surface area contributed by atoms with Gasteiger partial charge in [-0.15, -0.1) is 0 Å². The van der Waals surface area contributed by atoms with Gasteiger partial charge < -0.3 is 9.47 Å². The average Bonchev–Trinajstić information content (AvgIpc) is 3.00. The van der Waals surface area contributed by atoms with Gasteiger partial charge >= 0.3 is 11.9 Å². The van der Waals surface area contributed by atoms with Crippen LogP contribution in [0.4, 0.5) is 4.39 Å². The van der Waals surface area contributed by atoms with Crippen molar-refractivity contribution in [2.24, 2.45) is 0 Å². The number of halogens is 1. The summed E-state index contributed by atoms with van der Waals surface area (Å²) < 4.78 is 24.7. The SMILES string of the molecule is C=CC(=O)Oc1ccc(C#Cc2ccc(C#Cc3ccc(C#Cc4ccc(OC(=O)C=C)cc4)cc3F)cc2)cc1. The molecule has 5 heteroatoms. The predicted molar refractivity (Wildman–Crippen MR) is 155 cm³/mol. The van der Waals surface area contributed by atoms with Gasteiger partial charge in [0.15, 0.2) is 0 Å². The van der Waals surface area contributed by atoms with Gasteiger partial charge in [0.05, 0.1) is 5.56 Å². The van der Waals surface area contributed by atoms with Crippen LogP contribution in [-0.2, 0) is 9.59 Å². The Kier molecular flexibility index (Phi) is 9.29. The third kappa shape index (κ3) is 8.45. The lowest BCUT2D eigenvalue weighted by molar-refractivity contribution is -0.129. The van der Waals surface area contributed by atoms with E-state index in [9.17, 15) is 14.0 Å². The highest BCUT2D eigenvalue weighted by atomic mass is 19.1. The molecule has 0 spiro atoms. The molecule has 4 aromatic rings. The topological polar surface area (TPSA) is 52.6 Å². The van der Waals surface area contributed by atoms with Crippen molar-refractivity contribution >= 4 is 11.9 Å². The van der Waals surface area contributed by atoms with E-state index in [1.54, 1.807) is 60.7 Å². The Labute approximate surface area is 237 Å². The normalized spacial score (nSPS) is 9.39. The first kappa shape index (κ1) is 27.9. The zero-order valence-electron chi connectivity index (χ0n) is 21.7. The smallest absolute Gasteiger partial charge is 0.335 e. The summed E-state index contributed by atoms with van der Waals surface area (Å²) in [5.74, 6) is 17.1. The first-order chi connectivity index (χ1) is 19.9. The van der Waals surface area contributed by atoms with E-state index in [1.807, 2.05) is 24.3 Å². The van der Waals surface area contributed by atoms with E-state index < -0.39 is 17.8 Å². The number of rotatable bonds is 4. The Hall–Kier alpha value is -6.09. The van der Waals surface area contributed by atoms with Crippen LogP contribution in [0.3, 0.4) is 0 Å². The summed E-state index contributed by atoms with van der Waals surface area (Å²) in [5.41, 5.74) is 3.72. The average molecular weight is 537 g/mol. The first-order valence-corrected chi connectivity index (χ1v) is 12.3. The molecule has 196 valence electrons. The summed E-state index contributed by atoms with van der Waals surface area (Å²) in [6, 6.07) is 25.4. The summed E-state index contributed by atoms with van der Waals surface area (Å²) in [7, 11) is 0. The Morgan fingerprint density at radius 1 is 0.537 bits per heavy atom. The summed E-state index contributed by atoms with van der Waals surface area (Å²) in [4.78, 5) is 22.5.